The smallest absolute Gasteiger partial charge is 0.328 e. The molecule has 0 saturated carbocycles. The van der Waals surface area contributed by atoms with Gasteiger partial charge < -0.3 is 25.0 Å². The normalized spacial score (nSPS) is 11.2. The standard InChI is InChI=1S/C25H27N5O2.C4H4O4/c1-15(2)30(16(3)4)9-10-32-18-6-7-19-22(12-18)27-14-28-24(19)23-20-11-17(13-26)5-8-21(20)29-25(23)31;5-3(6)1-2-4(7)8/h5-8,11-12,14-16,29,31H,9-10H2,1-4H3;1-2H,(H,5,6)(H,7,8)/b;2-1+. The van der Waals surface area contributed by atoms with Gasteiger partial charge in [-0.05, 0) is 58.0 Å². The van der Waals surface area contributed by atoms with Crippen LogP contribution in [0.2, 0.25) is 0 Å². The Balaban J connectivity index is 0.000000482. The molecule has 40 heavy (non-hydrogen) atoms. The van der Waals surface area contributed by atoms with Crippen molar-refractivity contribution in [2.75, 3.05) is 13.2 Å². The number of aliphatic carboxylic acids is 2. The van der Waals surface area contributed by atoms with Gasteiger partial charge in [-0.1, -0.05) is 0 Å². The van der Waals surface area contributed by atoms with E-state index in [1.165, 1.54) is 6.33 Å². The number of benzene rings is 2. The SMILES string of the molecule is CC(C)N(CCOc1ccc2c(-c3c(O)[nH]c4ccc(C#N)cc34)ncnc2c1)C(C)C.O=C(O)/C=C/C(=O)O. The molecule has 0 aliphatic carbocycles. The van der Waals surface area contributed by atoms with Crippen molar-refractivity contribution < 1.29 is 29.6 Å². The average Bonchev–Trinajstić information content (AvgIpc) is 3.23. The average molecular weight is 546 g/mol. The largest absolute Gasteiger partial charge is 0.494 e. The first kappa shape index (κ1) is 29.6. The van der Waals surface area contributed by atoms with Crippen molar-refractivity contribution >= 4 is 33.7 Å². The number of nitrogens with one attached hydrogen (secondary N) is 1. The molecule has 0 amide bonds. The van der Waals surface area contributed by atoms with E-state index < -0.39 is 11.9 Å². The molecular weight excluding hydrogens is 514 g/mol. The summed E-state index contributed by atoms with van der Waals surface area (Å²) in [5.74, 6) is -1.76. The maximum absolute atomic E-state index is 10.6. The van der Waals surface area contributed by atoms with Crippen LogP contribution in [-0.2, 0) is 9.59 Å². The predicted molar refractivity (Wildman–Crippen MR) is 150 cm³/mol. The Morgan fingerprint density at radius 2 is 1.70 bits per heavy atom. The monoisotopic (exact) mass is 545 g/mol. The van der Waals surface area contributed by atoms with Crippen molar-refractivity contribution in [3.05, 3.63) is 60.4 Å². The zero-order valence-electron chi connectivity index (χ0n) is 22.6. The number of carbonyl (C=O) groups is 2. The number of hydrogen-bond acceptors (Lipinski definition) is 8. The van der Waals surface area contributed by atoms with E-state index in [-0.39, 0.29) is 5.88 Å². The number of rotatable bonds is 9. The molecule has 4 aromatic rings. The highest BCUT2D eigenvalue weighted by molar-refractivity contribution is 6.05. The second-order valence-corrected chi connectivity index (χ2v) is 9.41. The lowest BCUT2D eigenvalue weighted by atomic mass is 10.0. The summed E-state index contributed by atoms with van der Waals surface area (Å²) in [5, 5.41) is 37.0. The lowest BCUT2D eigenvalue weighted by Gasteiger charge is -2.30. The summed E-state index contributed by atoms with van der Waals surface area (Å²) in [6.45, 7) is 10.2. The first-order chi connectivity index (χ1) is 19.0. The number of ether oxygens (including phenoxy) is 1. The molecule has 2 aromatic carbocycles. The molecule has 11 nitrogen and oxygen atoms in total. The van der Waals surface area contributed by atoms with Gasteiger partial charge in [0, 0.05) is 53.1 Å². The first-order valence-corrected chi connectivity index (χ1v) is 12.5. The second-order valence-electron chi connectivity index (χ2n) is 9.41. The summed E-state index contributed by atoms with van der Waals surface area (Å²) in [6, 6.07) is 14.0. The maximum Gasteiger partial charge on any atom is 0.328 e. The van der Waals surface area contributed by atoms with E-state index in [4.69, 9.17) is 14.9 Å². The van der Waals surface area contributed by atoms with Gasteiger partial charge >= 0.3 is 11.9 Å². The van der Waals surface area contributed by atoms with Gasteiger partial charge in [-0.25, -0.2) is 19.6 Å². The van der Waals surface area contributed by atoms with Crippen LogP contribution in [0.15, 0.2) is 54.9 Å². The first-order valence-electron chi connectivity index (χ1n) is 12.5. The summed E-state index contributed by atoms with van der Waals surface area (Å²) in [4.78, 5) is 33.3. The Kier molecular flexibility index (Phi) is 9.78. The van der Waals surface area contributed by atoms with Crippen molar-refractivity contribution in [2.24, 2.45) is 0 Å². The molecule has 0 aliphatic rings. The van der Waals surface area contributed by atoms with Gasteiger partial charge in [-0.3, -0.25) is 4.90 Å². The van der Waals surface area contributed by atoms with Gasteiger partial charge in [-0.2, -0.15) is 5.26 Å². The van der Waals surface area contributed by atoms with Crippen molar-refractivity contribution in [2.45, 2.75) is 39.8 Å². The second kappa shape index (κ2) is 13.2. The molecule has 0 fully saturated rings. The molecule has 0 spiro atoms. The Morgan fingerprint density at radius 3 is 2.30 bits per heavy atom. The highest BCUT2D eigenvalue weighted by Gasteiger charge is 2.18. The Labute approximate surface area is 231 Å². The van der Waals surface area contributed by atoms with Crippen molar-refractivity contribution in [1.82, 2.24) is 19.9 Å². The van der Waals surface area contributed by atoms with E-state index in [2.05, 4.69) is 53.6 Å². The molecule has 2 aromatic heterocycles. The molecule has 4 rings (SSSR count). The number of aromatic nitrogens is 3. The Bertz CT molecular complexity index is 1560. The topological polar surface area (TPSA) is 173 Å². The van der Waals surface area contributed by atoms with E-state index in [1.54, 1.807) is 18.2 Å². The van der Waals surface area contributed by atoms with E-state index in [1.807, 2.05) is 18.2 Å². The molecule has 2 heterocycles. The summed E-state index contributed by atoms with van der Waals surface area (Å²) in [7, 11) is 0. The van der Waals surface area contributed by atoms with Crippen LogP contribution in [0.25, 0.3) is 33.1 Å². The summed E-state index contributed by atoms with van der Waals surface area (Å²) in [6.07, 6.45) is 2.60. The highest BCUT2D eigenvalue weighted by atomic mass is 16.5. The number of H-pyrrole nitrogens is 1. The van der Waals surface area contributed by atoms with E-state index in [9.17, 15) is 20.0 Å². The lowest BCUT2D eigenvalue weighted by Crippen LogP contribution is -2.39. The number of hydrogen-bond donors (Lipinski definition) is 4. The number of aromatic hydroxyl groups is 1. The van der Waals surface area contributed by atoms with Crippen LogP contribution in [0, 0.1) is 11.3 Å². The number of nitrogens with zero attached hydrogens (tertiary/aromatic N) is 4. The zero-order valence-corrected chi connectivity index (χ0v) is 22.6. The third kappa shape index (κ3) is 7.33. The van der Waals surface area contributed by atoms with E-state index >= 15 is 0 Å². The zero-order chi connectivity index (χ0) is 29.4. The van der Waals surface area contributed by atoms with Crippen LogP contribution in [0.4, 0.5) is 0 Å². The molecular formula is C29H31N5O6. The molecule has 0 radical (unpaired) electrons. The number of aromatic amines is 1. The fraction of sp³-hybridized carbons (Fsp3) is 0.276. The van der Waals surface area contributed by atoms with Gasteiger partial charge in [0.05, 0.1) is 28.4 Å². The third-order valence-corrected chi connectivity index (χ3v) is 6.07. The maximum atomic E-state index is 10.6. The molecule has 0 bridgehead atoms. The van der Waals surface area contributed by atoms with Crippen LogP contribution >= 0.6 is 0 Å². The fourth-order valence-electron chi connectivity index (χ4n) is 4.34. The molecule has 0 unspecified atom stereocenters. The van der Waals surface area contributed by atoms with Crippen molar-refractivity contribution in [3.8, 4) is 29.0 Å². The van der Waals surface area contributed by atoms with Crippen LogP contribution in [0.3, 0.4) is 0 Å². The number of carboxylic acid groups (broad SMARTS) is 2. The highest BCUT2D eigenvalue weighted by Crippen LogP contribution is 2.39. The van der Waals surface area contributed by atoms with Crippen LogP contribution in [-0.4, -0.2) is 72.3 Å². The predicted octanol–water partition coefficient (Wildman–Crippen LogP) is 4.56. The Morgan fingerprint density at radius 1 is 1.02 bits per heavy atom. The molecule has 208 valence electrons. The minimum absolute atomic E-state index is 0.0119. The lowest BCUT2D eigenvalue weighted by molar-refractivity contribution is -0.134. The van der Waals surface area contributed by atoms with Gasteiger partial charge in [0.15, 0.2) is 5.88 Å². The van der Waals surface area contributed by atoms with E-state index in [0.717, 1.165) is 34.1 Å². The van der Waals surface area contributed by atoms with E-state index in [0.29, 0.717) is 47.7 Å². The molecule has 11 heteroatoms. The summed E-state index contributed by atoms with van der Waals surface area (Å²) < 4.78 is 6.01. The van der Waals surface area contributed by atoms with Gasteiger partial charge in [0.2, 0.25) is 0 Å². The minimum Gasteiger partial charge on any atom is -0.494 e. The van der Waals surface area contributed by atoms with Crippen LogP contribution in [0.1, 0.15) is 33.3 Å². The van der Waals surface area contributed by atoms with Gasteiger partial charge in [0.1, 0.15) is 18.7 Å². The van der Waals surface area contributed by atoms with Crippen LogP contribution in [0.5, 0.6) is 11.6 Å². The number of nitriles is 1. The third-order valence-electron chi connectivity index (χ3n) is 6.07. The Hall–Kier alpha value is -4.95. The van der Waals surface area contributed by atoms with Gasteiger partial charge in [0.25, 0.3) is 0 Å². The summed E-state index contributed by atoms with van der Waals surface area (Å²) in [5.41, 5.74) is 3.14. The summed E-state index contributed by atoms with van der Waals surface area (Å²) >= 11 is 0. The number of fused-ring (bicyclic) bond motifs is 2. The molecule has 0 atom stereocenters. The molecule has 0 saturated heterocycles. The quantitative estimate of drug-likeness (QED) is 0.218. The van der Waals surface area contributed by atoms with Crippen molar-refractivity contribution in [1.29, 1.82) is 5.26 Å². The number of carboxylic acids is 2. The van der Waals surface area contributed by atoms with Gasteiger partial charge in [-0.15, -0.1) is 0 Å². The molecule has 4 N–H and O–H groups in total. The fourth-order valence-corrected chi connectivity index (χ4v) is 4.34. The molecule has 0 aliphatic heterocycles. The van der Waals surface area contributed by atoms with Crippen LogP contribution < -0.4 is 4.74 Å². The minimum atomic E-state index is -1.26. The van der Waals surface area contributed by atoms with Crippen molar-refractivity contribution in [3.63, 3.8) is 0 Å².